The van der Waals surface area contributed by atoms with Crippen LogP contribution in [0.15, 0.2) is 199 Å². The summed E-state index contributed by atoms with van der Waals surface area (Å²) in [7, 11) is 0. The van der Waals surface area contributed by atoms with Crippen LogP contribution < -0.4 is 0 Å². The third-order valence-electron chi connectivity index (χ3n) is 13.1. The molecule has 1 unspecified atom stereocenters. The lowest BCUT2D eigenvalue weighted by Crippen LogP contribution is -2.04. The normalized spacial score (nSPS) is 13.8. The number of hydrogen-bond acceptors (Lipinski definition) is 4. The lowest BCUT2D eigenvalue weighted by atomic mass is 9.83. The molecule has 0 N–H and O–H groups in total. The standard InChI is InChI=1S/C58H37N3O/c1-2-14-37(15-3-1)56-59-57(42-26-27-44-40(33-42)23-22-35-12-6-8-18-43(35)44)61-58(60-56)51-31-30-49(53-50-29-24-36-13-7-9-19-45(36)54(50)62-55(51)53)48-28-25-41-32-38-16-4-5-17-39(38)34-52(41)47-21-11-10-20-46(47)48/h1-24,26-27,29-34,48H,25,28H2. The molecule has 12 aromatic rings. The molecular weight excluding hydrogens is 755 g/mol. The van der Waals surface area contributed by atoms with Crippen LogP contribution in [0.5, 0.6) is 0 Å². The third kappa shape index (κ3) is 5.50. The van der Waals surface area contributed by atoms with Crippen LogP contribution in [0.3, 0.4) is 0 Å². The van der Waals surface area contributed by atoms with Gasteiger partial charge in [-0.25, -0.2) is 15.0 Å². The van der Waals surface area contributed by atoms with Gasteiger partial charge in [0.1, 0.15) is 11.2 Å². The third-order valence-corrected chi connectivity index (χ3v) is 13.1. The topological polar surface area (TPSA) is 51.8 Å². The SMILES string of the molecule is c1ccc(-c2nc(-c3ccc4c(ccc5ccccc54)c3)nc(-c3ccc(C4CCc5cc6ccccc6cc5-c5ccccc54)c4c3oc3c5ccccc5ccc34)n2)cc1. The fourth-order valence-electron chi connectivity index (χ4n) is 10.2. The summed E-state index contributed by atoms with van der Waals surface area (Å²) in [6, 6.07) is 69.7. The molecule has 0 amide bonds. The zero-order chi connectivity index (χ0) is 40.7. The van der Waals surface area contributed by atoms with Gasteiger partial charge >= 0.3 is 0 Å². The summed E-state index contributed by atoms with van der Waals surface area (Å²) in [5.74, 6) is 1.93. The number of aryl methyl sites for hydroxylation is 1. The summed E-state index contributed by atoms with van der Waals surface area (Å²) in [6.07, 6.45) is 1.92. The highest BCUT2D eigenvalue weighted by molar-refractivity contribution is 6.18. The van der Waals surface area contributed by atoms with E-state index in [1.807, 2.05) is 18.2 Å². The van der Waals surface area contributed by atoms with E-state index in [-0.39, 0.29) is 5.92 Å². The molecule has 13 rings (SSSR count). The van der Waals surface area contributed by atoms with Crippen molar-refractivity contribution in [2.75, 3.05) is 0 Å². The Hall–Kier alpha value is -7.95. The van der Waals surface area contributed by atoms with E-state index in [4.69, 9.17) is 19.4 Å². The predicted octanol–water partition coefficient (Wildman–Crippen LogP) is 15.1. The van der Waals surface area contributed by atoms with Crippen molar-refractivity contribution < 1.29 is 4.42 Å². The average Bonchev–Trinajstić information content (AvgIpc) is 3.67. The largest absolute Gasteiger partial charge is 0.455 e. The van der Waals surface area contributed by atoms with Crippen LogP contribution in [0.25, 0.3) is 110 Å². The molecular formula is C58H37N3O. The number of furan rings is 1. The summed E-state index contributed by atoms with van der Waals surface area (Å²) in [6.45, 7) is 0. The van der Waals surface area contributed by atoms with Crippen LogP contribution in [0.1, 0.15) is 29.0 Å². The van der Waals surface area contributed by atoms with Crippen LogP contribution in [0.2, 0.25) is 0 Å². The number of nitrogens with zero attached hydrogens (tertiary/aromatic N) is 3. The molecule has 0 aliphatic heterocycles. The predicted molar refractivity (Wildman–Crippen MR) is 255 cm³/mol. The molecule has 1 atom stereocenters. The molecule has 10 aromatic carbocycles. The molecule has 0 fully saturated rings. The summed E-state index contributed by atoms with van der Waals surface area (Å²) in [4.78, 5) is 15.7. The summed E-state index contributed by atoms with van der Waals surface area (Å²) in [5, 5.41) is 11.8. The number of benzene rings is 10. The fraction of sp³-hybridized carbons (Fsp3) is 0.0517. The minimum atomic E-state index is 0.119. The average molecular weight is 792 g/mol. The van der Waals surface area contributed by atoms with Crippen LogP contribution >= 0.6 is 0 Å². The Balaban J connectivity index is 1.05. The molecule has 4 nitrogen and oxygen atoms in total. The highest BCUT2D eigenvalue weighted by Gasteiger charge is 2.29. The van der Waals surface area contributed by atoms with E-state index in [0.29, 0.717) is 17.5 Å². The Bertz CT molecular complexity index is 3770. The van der Waals surface area contributed by atoms with Crippen molar-refractivity contribution in [2.45, 2.75) is 18.8 Å². The maximum Gasteiger partial charge on any atom is 0.167 e. The minimum absolute atomic E-state index is 0.119. The van der Waals surface area contributed by atoms with E-state index in [9.17, 15) is 0 Å². The van der Waals surface area contributed by atoms with Crippen molar-refractivity contribution in [1.29, 1.82) is 0 Å². The Kier molecular flexibility index (Phi) is 7.76. The molecule has 62 heavy (non-hydrogen) atoms. The van der Waals surface area contributed by atoms with E-state index in [1.165, 1.54) is 54.7 Å². The number of rotatable bonds is 4. The van der Waals surface area contributed by atoms with E-state index in [0.717, 1.165) is 67.6 Å². The Morgan fingerprint density at radius 1 is 0.371 bits per heavy atom. The molecule has 1 aliphatic rings. The lowest BCUT2D eigenvalue weighted by Gasteiger charge is -2.20. The quantitative estimate of drug-likeness (QED) is 0.167. The molecule has 290 valence electrons. The second-order valence-corrected chi connectivity index (χ2v) is 16.6. The van der Waals surface area contributed by atoms with Gasteiger partial charge in [0, 0.05) is 33.2 Å². The molecule has 0 saturated carbocycles. The van der Waals surface area contributed by atoms with E-state index < -0.39 is 0 Å². The molecule has 2 heterocycles. The Morgan fingerprint density at radius 3 is 1.85 bits per heavy atom. The molecule has 0 bridgehead atoms. The first-order valence-corrected chi connectivity index (χ1v) is 21.4. The maximum atomic E-state index is 7.21. The van der Waals surface area contributed by atoms with Gasteiger partial charge in [0.2, 0.25) is 0 Å². The van der Waals surface area contributed by atoms with Gasteiger partial charge < -0.3 is 4.42 Å². The smallest absolute Gasteiger partial charge is 0.167 e. The molecule has 0 saturated heterocycles. The van der Waals surface area contributed by atoms with Crippen LogP contribution in [0, 0.1) is 0 Å². The first kappa shape index (κ1) is 34.9. The fourth-order valence-corrected chi connectivity index (χ4v) is 10.2. The van der Waals surface area contributed by atoms with Gasteiger partial charge in [-0.2, -0.15) is 0 Å². The van der Waals surface area contributed by atoms with Gasteiger partial charge in [-0.1, -0.05) is 170 Å². The van der Waals surface area contributed by atoms with Crippen molar-refractivity contribution in [3.63, 3.8) is 0 Å². The second kappa shape index (κ2) is 13.8. The summed E-state index contributed by atoms with van der Waals surface area (Å²) >= 11 is 0. The van der Waals surface area contributed by atoms with Crippen molar-refractivity contribution in [3.05, 3.63) is 211 Å². The molecule has 4 heteroatoms. The maximum absolute atomic E-state index is 7.21. The second-order valence-electron chi connectivity index (χ2n) is 16.6. The Labute approximate surface area is 357 Å². The van der Waals surface area contributed by atoms with Gasteiger partial charge in [0.05, 0.1) is 5.56 Å². The van der Waals surface area contributed by atoms with E-state index in [1.54, 1.807) is 0 Å². The van der Waals surface area contributed by atoms with Crippen molar-refractivity contribution in [1.82, 2.24) is 15.0 Å². The van der Waals surface area contributed by atoms with Crippen LogP contribution in [-0.2, 0) is 6.42 Å². The Morgan fingerprint density at radius 2 is 1.00 bits per heavy atom. The van der Waals surface area contributed by atoms with E-state index in [2.05, 4.69) is 176 Å². The van der Waals surface area contributed by atoms with Gasteiger partial charge in [0.15, 0.2) is 17.5 Å². The van der Waals surface area contributed by atoms with Crippen molar-refractivity contribution in [3.8, 4) is 45.3 Å². The van der Waals surface area contributed by atoms with Crippen LogP contribution in [-0.4, -0.2) is 15.0 Å². The molecule has 0 spiro atoms. The van der Waals surface area contributed by atoms with E-state index >= 15 is 0 Å². The summed E-state index contributed by atoms with van der Waals surface area (Å²) < 4.78 is 7.21. The highest BCUT2D eigenvalue weighted by atomic mass is 16.3. The van der Waals surface area contributed by atoms with Crippen molar-refractivity contribution in [2.24, 2.45) is 0 Å². The number of fused-ring (bicyclic) bond motifs is 12. The molecule has 2 aromatic heterocycles. The molecule has 1 aliphatic carbocycles. The highest BCUT2D eigenvalue weighted by Crippen LogP contribution is 2.48. The lowest BCUT2D eigenvalue weighted by molar-refractivity contribution is 0.671. The van der Waals surface area contributed by atoms with Crippen molar-refractivity contribution >= 4 is 65.0 Å². The first-order valence-electron chi connectivity index (χ1n) is 21.4. The van der Waals surface area contributed by atoms with Gasteiger partial charge in [0.25, 0.3) is 0 Å². The minimum Gasteiger partial charge on any atom is -0.455 e. The van der Waals surface area contributed by atoms with Crippen LogP contribution in [0.4, 0.5) is 0 Å². The summed E-state index contributed by atoms with van der Waals surface area (Å²) in [5.41, 5.74) is 11.0. The number of aromatic nitrogens is 3. The van der Waals surface area contributed by atoms with Gasteiger partial charge in [-0.05, 0) is 103 Å². The van der Waals surface area contributed by atoms with Gasteiger partial charge in [-0.15, -0.1) is 0 Å². The van der Waals surface area contributed by atoms with Gasteiger partial charge in [-0.3, -0.25) is 0 Å². The zero-order valence-corrected chi connectivity index (χ0v) is 33.7. The first-order chi connectivity index (χ1) is 30.7. The number of hydrogen-bond donors (Lipinski definition) is 0. The zero-order valence-electron chi connectivity index (χ0n) is 33.7. The monoisotopic (exact) mass is 791 g/mol. The molecule has 0 radical (unpaired) electrons.